The first-order valence-corrected chi connectivity index (χ1v) is 12.8. The number of ether oxygens (including phenoxy) is 1. The number of amides is 1. The van der Waals surface area contributed by atoms with E-state index in [1.54, 1.807) is 6.07 Å². The number of hydrogen-bond donors (Lipinski definition) is 3. The molecule has 4 aromatic rings. The van der Waals surface area contributed by atoms with Crippen molar-refractivity contribution >= 4 is 29.1 Å². The molecule has 1 unspecified atom stereocenters. The summed E-state index contributed by atoms with van der Waals surface area (Å²) >= 11 is 5.38. The van der Waals surface area contributed by atoms with Crippen LogP contribution in [0.1, 0.15) is 28.2 Å². The minimum absolute atomic E-state index is 0.0579. The van der Waals surface area contributed by atoms with Gasteiger partial charge in [0.15, 0.2) is 5.11 Å². The van der Waals surface area contributed by atoms with Crippen LogP contribution in [-0.4, -0.2) is 34.4 Å². The van der Waals surface area contributed by atoms with E-state index in [9.17, 15) is 24.4 Å². The molecule has 202 valence electrons. The molecular weight excluding hydrogens is 533 g/mol. The molecule has 0 bridgehead atoms. The normalized spacial score (nSPS) is 13.4. The first-order chi connectivity index (χ1) is 19.3. The van der Waals surface area contributed by atoms with Crippen molar-refractivity contribution in [3.63, 3.8) is 0 Å². The lowest BCUT2D eigenvalue weighted by Crippen LogP contribution is -2.54. The number of alkyl carbamates (subject to hydrolysis) is 1. The van der Waals surface area contributed by atoms with Gasteiger partial charge in [-0.05, 0) is 57.7 Å². The Kier molecular flexibility index (Phi) is 7.54. The summed E-state index contributed by atoms with van der Waals surface area (Å²) in [5, 5.41) is 27.1. The minimum Gasteiger partial charge on any atom is -0.448 e. The third-order valence-corrected chi connectivity index (χ3v) is 7.19. The highest BCUT2D eigenvalue weighted by Gasteiger charge is 2.37. The zero-order chi connectivity index (χ0) is 28.3. The summed E-state index contributed by atoms with van der Waals surface area (Å²) in [6, 6.07) is 26.8. The van der Waals surface area contributed by atoms with Gasteiger partial charge in [-0.3, -0.25) is 15.4 Å². The highest BCUT2D eigenvalue weighted by atomic mass is 32.1. The number of rotatable bonds is 7. The smallest absolute Gasteiger partial charge is 0.413 e. The lowest BCUT2D eigenvalue weighted by molar-refractivity contribution is -0.385. The van der Waals surface area contributed by atoms with E-state index in [1.807, 2.05) is 48.5 Å². The molecule has 0 heterocycles. The molecule has 10 heteroatoms. The number of non-ortho nitro benzene ring substituents is 1. The van der Waals surface area contributed by atoms with Gasteiger partial charge in [-0.1, -0.05) is 72.8 Å². The van der Waals surface area contributed by atoms with Gasteiger partial charge in [0.2, 0.25) is 0 Å². The van der Waals surface area contributed by atoms with Crippen molar-refractivity contribution < 1.29 is 24.0 Å². The largest absolute Gasteiger partial charge is 0.448 e. The average Bonchev–Trinajstić information content (AvgIpc) is 3.28. The van der Waals surface area contributed by atoms with Gasteiger partial charge in [0, 0.05) is 18.1 Å². The second-order valence-electron chi connectivity index (χ2n) is 9.29. The van der Waals surface area contributed by atoms with Crippen LogP contribution in [0.2, 0.25) is 0 Å². The van der Waals surface area contributed by atoms with Crippen LogP contribution in [0.25, 0.3) is 11.1 Å². The molecule has 0 saturated carbocycles. The number of benzene rings is 4. The Morgan fingerprint density at radius 2 is 1.55 bits per heavy atom. The molecule has 4 aromatic carbocycles. The van der Waals surface area contributed by atoms with Crippen LogP contribution in [-0.2, 0) is 10.3 Å². The number of nitrogens with one attached hydrogen (secondary N) is 2. The topological polar surface area (TPSA) is 114 Å². The van der Waals surface area contributed by atoms with E-state index >= 15 is 0 Å². The van der Waals surface area contributed by atoms with E-state index in [-0.39, 0.29) is 34.5 Å². The van der Waals surface area contributed by atoms with E-state index in [2.05, 4.69) is 10.6 Å². The van der Waals surface area contributed by atoms with Crippen molar-refractivity contribution in [1.82, 2.24) is 10.6 Å². The van der Waals surface area contributed by atoms with Crippen molar-refractivity contribution in [2.45, 2.75) is 11.5 Å². The summed E-state index contributed by atoms with van der Waals surface area (Å²) in [7, 11) is 0. The second kappa shape index (κ2) is 11.2. The fraction of sp³-hybridized carbons (Fsp3) is 0.133. The maximum absolute atomic E-state index is 14.2. The molecule has 40 heavy (non-hydrogen) atoms. The van der Waals surface area contributed by atoms with Crippen LogP contribution in [0, 0.1) is 15.9 Å². The van der Waals surface area contributed by atoms with E-state index in [0.717, 1.165) is 22.3 Å². The van der Waals surface area contributed by atoms with E-state index in [1.165, 1.54) is 42.5 Å². The number of hydrogen-bond acceptors (Lipinski definition) is 6. The molecule has 1 aliphatic rings. The summed E-state index contributed by atoms with van der Waals surface area (Å²) in [4.78, 5) is 23.7. The van der Waals surface area contributed by atoms with Gasteiger partial charge in [-0.25, -0.2) is 9.18 Å². The fourth-order valence-corrected chi connectivity index (χ4v) is 5.38. The number of aliphatic hydroxyl groups excluding tert-OH is 1. The van der Waals surface area contributed by atoms with Crippen LogP contribution in [0.3, 0.4) is 0 Å². The van der Waals surface area contributed by atoms with Gasteiger partial charge in [0.1, 0.15) is 18.0 Å². The second-order valence-corrected chi connectivity index (χ2v) is 9.69. The molecule has 8 nitrogen and oxygen atoms in total. The Hall–Kier alpha value is -4.67. The van der Waals surface area contributed by atoms with Crippen LogP contribution < -0.4 is 10.6 Å². The Bertz CT molecular complexity index is 1570. The fourth-order valence-electron chi connectivity index (χ4n) is 5.12. The van der Waals surface area contributed by atoms with Crippen LogP contribution in [0.15, 0.2) is 97.1 Å². The SMILES string of the molecule is O=C(NC(=S)NC(CO)(c1cccc(F)c1)c1cccc([N+](=O)[O-])c1)OCC1c2ccccc2-c2ccccc21. The first kappa shape index (κ1) is 26.9. The number of halogens is 1. The quantitative estimate of drug-likeness (QED) is 0.159. The molecule has 3 N–H and O–H groups in total. The number of thiocarbonyl (C=S) groups is 1. The van der Waals surface area contributed by atoms with Crippen LogP contribution >= 0.6 is 12.2 Å². The van der Waals surface area contributed by atoms with Gasteiger partial charge < -0.3 is 15.2 Å². The third kappa shape index (κ3) is 5.14. The average molecular weight is 558 g/mol. The maximum Gasteiger partial charge on any atom is 0.413 e. The van der Waals surface area contributed by atoms with Crippen molar-refractivity contribution in [3.8, 4) is 11.1 Å². The molecule has 1 atom stereocenters. The monoisotopic (exact) mass is 557 g/mol. The highest BCUT2D eigenvalue weighted by molar-refractivity contribution is 7.80. The number of carbonyl (C=O) groups is 1. The van der Waals surface area contributed by atoms with Gasteiger partial charge >= 0.3 is 6.09 Å². The number of nitro groups is 1. The standard InChI is InChI=1S/C30H24FN3O5S/c31-21-9-5-7-19(15-21)30(18-35,20-8-6-10-22(16-20)34(37)38)33-28(40)32-29(36)39-17-27-25-13-3-1-11-23(25)24-12-2-4-14-26(24)27/h1-16,27,35H,17-18H2,(H2,32,33,36,40). The Labute approximate surface area is 234 Å². The Balaban J connectivity index is 1.35. The van der Waals surface area contributed by atoms with Crippen molar-refractivity contribution in [2.24, 2.45) is 0 Å². The van der Waals surface area contributed by atoms with Crippen LogP contribution in [0.4, 0.5) is 14.9 Å². The van der Waals surface area contributed by atoms with Crippen molar-refractivity contribution in [1.29, 1.82) is 0 Å². The third-order valence-electron chi connectivity index (χ3n) is 6.99. The van der Waals surface area contributed by atoms with E-state index < -0.39 is 29.0 Å². The zero-order valence-electron chi connectivity index (χ0n) is 21.0. The lowest BCUT2D eigenvalue weighted by atomic mass is 9.83. The molecule has 0 fully saturated rings. The summed E-state index contributed by atoms with van der Waals surface area (Å²) in [6.07, 6.45) is -0.829. The first-order valence-electron chi connectivity index (χ1n) is 12.4. The van der Waals surface area contributed by atoms with Crippen molar-refractivity contribution in [3.05, 3.63) is 135 Å². The van der Waals surface area contributed by atoms with Gasteiger partial charge in [-0.2, -0.15) is 0 Å². The molecule has 0 spiro atoms. The van der Waals surface area contributed by atoms with E-state index in [4.69, 9.17) is 17.0 Å². The number of aliphatic hydroxyl groups is 1. The molecule has 0 saturated heterocycles. The molecule has 1 aliphatic carbocycles. The summed E-state index contributed by atoms with van der Waals surface area (Å²) in [5.41, 5.74) is 2.92. The molecule has 0 aromatic heterocycles. The summed E-state index contributed by atoms with van der Waals surface area (Å²) in [6.45, 7) is -0.605. The highest BCUT2D eigenvalue weighted by Crippen LogP contribution is 2.44. The van der Waals surface area contributed by atoms with Gasteiger partial charge in [0.25, 0.3) is 5.69 Å². The van der Waals surface area contributed by atoms with Crippen molar-refractivity contribution in [2.75, 3.05) is 13.2 Å². The summed E-state index contributed by atoms with van der Waals surface area (Å²) in [5.74, 6) is -0.744. The Morgan fingerprint density at radius 1 is 0.950 bits per heavy atom. The maximum atomic E-state index is 14.2. The molecular formula is C30H24FN3O5S. The van der Waals surface area contributed by atoms with Crippen LogP contribution in [0.5, 0.6) is 0 Å². The number of carbonyl (C=O) groups excluding carboxylic acids is 1. The summed E-state index contributed by atoms with van der Waals surface area (Å²) < 4.78 is 19.8. The molecule has 1 amide bonds. The zero-order valence-corrected chi connectivity index (χ0v) is 21.9. The molecule has 0 aliphatic heterocycles. The predicted molar refractivity (Wildman–Crippen MR) is 151 cm³/mol. The van der Waals surface area contributed by atoms with Gasteiger partial charge in [0.05, 0.1) is 11.5 Å². The minimum atomic E-state index is -1.61. The lowest BCUT2D eigenvalue weighted by Gasteiger charge is -2.35. The molecule has 5 rings (SSSR count). The van der Waals surface area contributed by atoms with E-state index in [0.29, 0.717) is 0 Å². The number of fused-ring (bicyclic) bond motifs is 3. The van der Waals surface area contributed by atoms with Gasteiger partial charge in [-0.15, -0.1) is 0 Å². The predicted octanol–water partition coefficient (Wildman–Crippen LogP) is 5.38. The molecule has 0 radical (unpaired) electrons. The number of nitro benzene ring substituents is 1. The number of nitrogens with zero attached hydrogens (tertiary/aromatic N) is 1. The Morgan fingerprint density at radius 3 is 2.15 bits per heavy atom.